The Hall–Kier alpha value is -1.35. The van der Waals surface area contributed by atoms with Gasteiger partial charge in [0.2, 0.25) is 0 Å². The lowest BCUT2D eigenvalue weighted by Crippen LogP contribution is -2.42. The fourth-order valence-electron chi connectivity index (χ4n) is 5.77. The molecule has 3 aliphatic rings. The Morgan fingerprint density at radius 3 is 2.84 bits per heavy atom. The van der Waals surface area contributed by atoms with Crippen LogP contribution in [0.1, 0.15) is 56.1 Å². The molecular weight excluding hydrogens is 310 g/mol. The molecule has 2 fully saturated rings. The monoisotopic (exact) mass is 341 g/mol. The van der Waals surface area contributed by atoms with Gasteiger partial charge >= 0.3 is 0 Å². The Bertz CT molecular complexity index is 668. The van der Waals surface area contributed by atoms with E-state index in [-0.39, 0.29) is 5.41 Å². The average molecular weight is 341 g/mol. The fourth-order valence-corrected chi connectivity index (χ4v) is 5.77. The number of rotatable bonds is 4. The van der Waals surface area contributed by atoms with Crippen LogP contribution in [0.2, 0.25) is 0 Å². The summed E-state index contributed by atoms with van der Waals surface area (Å²) >= 11 is 0. The van der Waals surface area contributed by atoms with E-state index in [0.29, 0.717) is 23.5 Å². The van der Waals surface area contributed by atoms with Crippen LogP contribution in [-0.2, 0) is 11.2 Å². The molecule has 2 saturated carbocycles. The first-order chi connectivity index (χ1) is 12.0. The molecule has 0 aromatic heterocycles. The summed E-state index contributed by atoms with van der Waals surface area (Å²) in [5.74, 6) is 3.52. The lowest BCUT2D eigenvalue weighted by atomic mass is 9.55. The van der Waals surface area contributed by atoms with E-state index >= 15 is 0 Å². The summed E-state index contributed by atoms with van der Waals surface area (Å²) in [6.45, 7) is 3.93. The molecule has 3 nitrogen and oxygen atoms in total. The Balaban J connectivity index is 1.52. The topological polar surface area (TPSA) is 29.5 Å². The minimum absolute atomic E-state index is 0.0199. The molecule has 0 amide bonds. The summed E-state index contributed by atoms with van der Waals surface area (Å²) in [4.78, 5) is 14.6. The molecule has 0 spiro atoms. The number of benzene rings is 1. The molecule has 0 bridgehead atoms. The third-order valence-electron chi connectivity index (χ3n) is 7.21. The second kappa shape index (κ2) is 6.42. The van der Waals surface area contributed by atoms with E-state index in [0.717, 1.165) is 44.6 Å². The van der Waals surface area contributed by atoms with Gasteiger partial charge in [-0.05, 0) is 87.2 Å². The van der Waals surface area contributed by atoms with Crippen molar-refractivity contribution in [3.05, 3.63) is 29.3 Å². The zero-order valence-electron chi connectivity index (χ0n) is 15.9. The molecule has 136 valence electrons. The van der Waals surface area contributed by atoms with Crippen LogP contribution in [0.25, 0.3) is 0 Å². The summed E-state index contributed by atoms with van der Waals surface area (Å²) in [7, 11) is 4.14. The summed E-state index contributed by atoms with van der Waals surface area (Å²) in [5, 5.41) is 0. The standard InChI is InChI=1S/C22H31NO2/c1-22-11-10-18-17-7-5-16(25-13-12-23(2)3)14-15(17)4-6-19(18)20(22)8-9-21(22)24/h5,7,14,18-20H,4,6,8-13H2,1-3H3/t18-,19-,20+,22+/m1/s1. The molecule has 4 atom stereocenters. The minimum Gasteiger partial charge on any atom is -0.492 e. The second-order valence-corrected chi connectivity index (χ2v) is 8.85. The number of hydrogen-bond acceptors (Lipinski definition) is 3. The number of Topliss-reactive ketones (excluding diaryl/α,β-unsaturated/α-hetero) is 1. The number of ether oxygens (including phenoxy) is 1. The van der Waals surface area contributed by atoms with Gasteiger partial charge in [0, 0.05) is 18.4 Å². The van der Waals surface area contributed by atoms with Crippen LogP contribution in [0.15, 0.2) is 18.2 Å². The Morgan fingerprint density at radius 1 is 1.20 bits per heavy atom. The number of aryl methyl sites for hydroxylation is 1. The van der Waals surface area contributed by atoms with E-state index in [1.807, 2.05) is 0 Å². The predicted molar refractivity (Wildman–Crippen MR) is 100 cm³/mol. The van der Waals surface area contributed by atoms with Gasteiger partial charge in [0.15, 0.2) is 0 Å². The molecule has 1 aromatic rings. The van der Waals surface area contributed by atoms with Crippen molar-refractivity contribution in [1.82, 2.24) is 4.90 Å². The van der Waals surface area contributed by atoms with Crippen molar-refractivity contribution in [1.29, 1.82) is 0 Å². The second-order valence-electron chi connectivity index (χ2n) is 8.85. The predicted octanol–water partition coefficient (Wildman–Crippen LogP) is 4.05. The summed E-state index contributed by atoms with van der Waals surface area (Å²) in [6.07, 6.45) is 6.58. The summed E-state index contributed by atoms with van der Waals surface area (Å²) in [6, 6.07) is 6.75. The molecule has 0 N–H and O–H groups in total. The first-order valence-electron chi connectivity index (χ1n) is 9.93. The highest BCUT2D eigenvalue weighted by Crippen LogP contribution is 2.59. The molecule has 0 unspecified atom stereocenters. The van der Waals surface area contributed by atoms with Crippen molar-refractivity contribution in [3.63, 3.8) is 0 Å². The van der Waals surface area contributed by atoms with Crippen molar-refractivity contribution < 1.29 is 9.53 Å². The lowest BCUT2D eigenvalue weighted by Gasteiger charge is -2.48. The van der Waals surface area contributed by atoms with Crippen LogP contribution in [0.5, 0.6) is 5.75 Å². The molecule has 0 aliphatic heterocycles. The van der Waals surface area contributed by atoms with Gasteiger partial charge in [0.05, 0.1) is 0 Å². The average Bonchev–Trinajstić information content (AvgIpc) is 2.89. The first kappa shape index (κ1) is 17.1. The van der Waals surface area contributed by atoms with Crippen LogP contribution in [0.4, 0.5) is 0 Å². The van der Waals surface area contributed by atoms with E-state index < -0.39 is 0 Å². The Morgan fingerprint density at radius 2 is 2.04 bits per heavy atom. The third kappa shape index (κ3) is 2.91. The summed E-state index contributed by atoms with van der Waals surface area (Å²) in [5.41, 5.74) is 3.00. The molecule has 0 saturated heterocycles. The van der Waals surface area contributed by atoms with E-state index in [4.69, 9.17) is 4.74 Å². The molecule has 3 heteroatoms. The van der Waals surface area contributed by atoms with Crippen LogP contribution >= 0.6 is 0 Å². The van der Waals surface area contributed by atoms with Crippen LogP contribution < -0.4 is 4.74 Å². The number of hydrogen-bond donors (Lipinski definition) is 0. The zero-order chi connectivity index (χ0) is 17.6. The van der Waals surface area contributed by atoms with Gasteiger partial charge < -0.3 is 9.64 Å². The first-order valence-corrected chi connectivity index (χ1v) is 9.93. The van der Waals surface area contributed by atoms with Gasteiger partial charge in [-0.25, -0.2) is 0 Å². The van der Waals surface area contributed by atoms with E-state index in [2.05, 4.69) is 44.1 Å². The van der Waals surface area contributed by atoms with Crippen molar-refractivity contribution >= 4 is 5.78 Å². The van der Waals surface area contributed by atoms with Crippen molar-refractivity contribution in [2.45, 2.75) is 51.4 Å². The van der Waals surface area contributed by atoms with Gasteiger partial charge in [-0.1, -0.05) is 13.0 Å². The van der Waals surface area contributed by atoms with Gasteiger partial charge in [-0.3, -0.25) is 4.79 Å². The Kier molecular flexibility index (Phi) is 4.39. The van der Waals surface area contributed by atoms with E-state index in [9.17, 15) is 4.79 Å². The fraction of sp³-hybridized carbons (Fsp3) is 0.682. The molecule has 0 radical (unpaired) electrons. The number of ketones is 1. The van der Waals surface area contributed by atoms with Crippen LogP contribution in [0.3, 0.4) is 0 Å². The number of fused-ring (bicyclic) bond motifs is 5. The highest BCUT2D eigenvalue weighted by atomic mass is 16.5. The maximum absolute atomic E-state index is 12.4. The quantitative estimate of drug-likeness (QED) is 0.827. The van der Waals surface area contributed by atoms with Gasteiger partial charge in [0.25, 0.3) is 0 Å². The molecular formula is C22H31NO2. The molecule has 0 heterocycles. The smallest absolute Gasteiger partial charge is 0.139 e. The van der Waals surface area contributed by atoms with Gasteiger partial charge in [-0.2, -0.15) is 0 Å². The van der Waals surface area contributed by atoms with Gasteiger partial charge in [0.1, 0.15) is 18.1 Å². The number of likely N-dealkylation sites (N-methyl/N-ethyl adjacent to an activating group) is 1. The third-order valence-corrected chi connectivity index (χ3v) is 7.21. The maximum atomic E-state index is 12.4. The van der Waals surface area contributed by atoms with Gasteiger partial charge in [-0.15, -0.1) is 0 Å². The zero-order valence-corrected chi connectivity index (χ0v) is 15.9. The number of nitrogens with zero attached hydrogens (tertiary/aromatic N) is 1. The number of carbonyl (C=O) groups is 1. The Labute approximate surface area is 151 Å². The highest BCUT2D eigenvalue weighted by molar-refractivity contribution is 5.87. The molecule has 25 heavy (non-hydrogen) atoms. The van der Waals surface area contributed by atoms with E-state index in [1.165, 1.54) is 24.0 Å². The molecule has 3 aliphatic carbocycles. The largest absolute Gasteiger partial charge is 0.492 e. The minimum atomic E-state index is -0.0199. The summed E-state index contributed by atoms with van der Waals surface area (Å²) < 4.78 is 5.93. The lowest BCUT2D eigenvalue weighted by molar-refractivity contribution is -0.129. The molecule has 4 rings (SSSR count). The van der Waals surface area contributed by atoms with Crippen molar-refractivity contribution in [2.24, 2.45) is 17.3 Å². The SMILES string of the molecule is CN(C)CCOc1ccc2c(c1)CC[C@@H]1[C@@H]2CC[C@]2(C)C(=O)CC[C@@H]12. The van der Waals surface area contributed by atoms with E-state index in [1.54, 1.807) is 0 Å². The van der Waals surface area contributed by atoms with Crippen LogP contribution in [0, 0.1) is 17.3 Å². The maximum Gasteiger partial charge on any atom is 0.139 e. The van der Waals surface area contributed by atoms with Crippen LogP contribution in [-0.4, -0.2) is 37.9 Å². The normalized spacial score (nSPS) is 33.8. The molecule has 1 aromatic carbocycles. The van der Waals surface area contributed by atoms with Crippen molar-refractivity contribution in [3.8, 4) is 5.75 Å². The van der Waals surface area contributed by atoms with Crippen molar-refractivity contribution in [2.75, 3.05) is 27.2 Å². The highest BCUT2D eigenvalue weighted by Gasteiger charge is 2.54. The number of carbonyl (C=O) groups excluding carboxylic acids is 1.